The quantitative estimate of drug-likeness (QED) is 0.769. The number of primary amides is 1. The highest BCUT2D eigenvalue weighted by atomic mass is 16.1. The highest BCUT2D eigenvalue weighted by Gasteiger charge is 2.09. The number of hydrogen-bond acceptors (Lipinski definition) is 5. The Labute approximate surface area is 127 Å². The summed E-state index contributed by atoms with van der Waals surface area (Å²) in [6.45, 7) is 0. The molecule has 0 fully saturated rings. The van der Waals surface area contributed by atoms with E-state index in [0.29, 0.717) is 17.2 Å². The van der Waals surface area contributed by atoms with Crippen LogP contribution in [0.15, 0.2) is 61.1 Å². The summed E-state index contributed by atoms with van der Waals surface area (Å²) in [7, 11) is 0. The van der Waals surface area contributed by atoms with Crippen LogP contribution in [0, 0.1) is 0 Å². The number of nitrogens with zero attached hydrogens (tertiary/aromatic N) is 3. The number of nitrogens with one attached hydrogen (secondary N) is 1. The number of aromatic nitrogens is 3. The van der Waals surface area contributed by atoms with Crippen molar-refractivity contribution in [2.45, 2.75) is 0 Å². The molecule has 6 heteroatoms. The fourth-order valence-corrected chi connectivity index (χ4v) is 2.02. The van der Waals surface area contributed by atoms with Crippen LogP contribution in [0.1, 0.15) is 10.4 Å². The number of carbonyl (C=O) groups excluding carboxylic acids is 1. The number of benzene rings is 1. The second-order valence-corrected chi connectivity index (χ2v) is 4.54. The lowest BCUT2D eigenvalue weighted by Gasteiger charge is -2.09. The van der Waals surface area contributed by atoms with E-state index in [2.05, 4.69) is 20.3 Å². The van der Waals surface area contributed by atoms with Crippen molar-refractivity contribution in [3.63, 3.8) is 0 Å². The van der Waals surface area contributed by atoms with E-state index in [1.54, 1.807) is 48.9 Å². The van der Waals surface area contributed by atoms with Gasteiger partial charge in [-0.05, 0) is 30.3 Å². The molecule has 0 spiro atoms. The molecule has 0 bridgehead atoms. The van der Waals surface area contributed by atoms with Crippen LogP contribution in [0.2, 0.25) is 0 Å². The van der Waals surface area contributed by atoms with Gasteiger partial charge in [0.05, 0.1) is 16.9 Å². The van der Waals surface area contributed by atoms with Crippen LogP contribution in [0.4, 0.5) is 11.6 Å². The van der Waals surface area contributed by atoms with E-state index >= 15 is 0 Å². The molecule has 6 nitrogen and oxygen atoms in total. The average Bonchev–Trinajstić information content (AvgIpc) is 2.56. The van der Waals surface area contributed by atoms with E-state index in [-0.39, 0.29) is 0 Å². The molecular weight excluding hydrogens is 278 g/mol. The first-order valence-corrected chi connectivity index (χ1v) is 6.63. The minimum absolute atomic E-state index is 0.384. The van der Waals surface area contributed by atoms with Crippen molar-refractivity contribution in [3.05, 3.63) is 66.6 Å². The molecule has 0 atom stereocenters. The Morgan fingerprint density at radius 2 is 1.91 bits per heavy atom. The van der Waals surface area contributed by atoms with Gasteiger partial charge in [-0.2, -0.15) is 0 Å². The molecule has 1 amide bonds. The Morgan fingerprint density at radius 1 is 1.05 bits per heavy atom. The van der Waals surface area contributed by atoms with Crippen molar-refractivity contribution in [3.8, 4) is 11.3 Å². The van der Waals surface area contributed by atoms with Crippen molar-refractivity contribution in [1.82, 2.24) is 15.0 Å². The summed E-state index contributed by atoms with van der Waals surface area (Å²) in [5.74, 6) is -0.124. The minimum Gasteiger partial charge on any atom is -0.366 e. The molecule has 1 aromatic carbocycles. The van der Waals surface area contributed by atoms with Crippen LogP contribution in [-0.2, 0) is 0 Å². The van der Waals surface area contributed by atoms with Crippen molar-refractivity contribution < 1.29 is 4.79 Å². The Balaban J connectivity index is 1.93. The molecule has 0 aliphatic carbocycles. The molecule has 22 heavy (non-hydrogen) atoms. The number of anilines is 2. The second-order valence-electron chi connectivity index (χ2n) is 4.54. The van der Waals surface area contributed by atoms with Gasteiger partial charge in [-0.25, -0.2) is 9.97 Å². The maximum Gasteiger partial charge on any atom is 0.250 e. The molecule has 2 heterocycles. The Kier molecular flexibility index (Phi) is 3.74. The van der Waals surface area contributed by atoms with Gasteiger partial charge in [0.1, 0.15) is 0 Å². The Morgan fingerprint density at radius 3 is 2.68 bits per heavy atom. The molecule has 0 saturated heterocycles. The molecule has 0 radical (unpaired) electrons. The summed E-state index contributed by atoms with van der Waals surface area (Å²) < 4.78 is 0. The van der Waals surface area contributed by atoms with E-state index in [0.717, 1.165) is 11.3 Å². The van der Waals surface area contributed by atoms with E-state index in [9.17, 15) is 4.79 Å². The Hall–Kier alpha value is -3.28. The second kappa shape index (κ2) is 6.01. The van der Waals surface area contributed by atoms with E-state index in [1.807, 2.05) is 12.1 Å². The number of para-hydroxylation sites is 1. The molecule has 0 unspecified atom stereocenters. The topological polar surface area (TPSA) is 93.8 Å². The molecule has 0 aliphatic rings. The zero-order valence-electron chi connectivity index (χ0n) is 11.6. The molecule has 108 valence electrons. The van der Waals surface area contributed by atoms with Crippen LogP contribution >= 0.6 is 0 Å². The predicted octanol–water partition coefficient (Wildman–Crippen LogP) is 2.38. The monoisotopic (exact) mass is 291 g/mol. The fraction of sp³-hybridized carbons (Fsp3) is 0. The zero-order chi connectivity index (χ0) is 15.4. The summed E-state index contributed by atoms with van der Waals surface area (Å²) in [5, 5.41) is 3.02. The molecule has 3 N–H and O–H groups in total. The first kappa shape index (κ1) is 13.7. The molecule has 0 saturated carbocycles. The maximum atomic E-state index is 11.4. The lowest BCUT2D eigenvalue weighted by Crippen LogP contribution is -2.13. The summed E-state index contributed by atoms with van der Waals surface area (Å²) in [4.78, 5) is 24.1. The SMILES string of the molecule is NC(=O)c1ccccc1Nc1nccc(-c2cccnc2)n1. The van der Waals surface area contributed by atoms with Gasteiger partial charge in [-0.3, -0.25) is 9.78 Å². The van der Waals surface area contributed by atoms with Crippen LogP contribution < -0.4 is 11.1 Å². The molecule has 0 aliphatic heterocycles. The van der Waals surface area contributed by atoms with Gasteiger partial charge in [0.15, 0.2) is 0 Å². The highest BCUT2D eigenvalue weighted by Crippen LogP contribution is 2.20. The van der Waals surface area contributed by atoms with Crippen molar-refractivity contribution in [2.75, 3.05) is 5.32 Å². The lowest BCUT2D eigenvalue weighted by atomic mass is 10.1. The first-order chi connectivity index (χ1) is 10.7. The van der Waals surface area contributed by atoms with Gasteiger partial charge in [-0.15, -0.1) is 0 Å². The van der Waals surface area contributed by atoms with Crippen LogP contribution in [0.5, 0.6) is 0 Å². The van der Waals surface area contributed by atoms with Gasteiger partial charge in [-0.1, -0.05) is 12.1 Å². The highest BCUT2D eigenvalue weighted by molar-refractivity contribution is 5.98. The smallest absolute Gasteiger partial charge is 0.250 e. The number of nitrogens with two attached hydrogens (primary N) is 1. The number of hydrogen-bond donors (Lipinski definition) is 2. The third-order valence-corrected chi connectivity index (χ3v) is 3.05. The predicted molar refractivity (Wildman–Crippen MR) is 83.5 cm³/mol. The Bertz CT molecular complexity index is 804. The fourth-order valence-electron chi connectivity index (χ4n) is 2.02. The van der Waals surface area contributed by atoms with E-state index in [4.69, 9.17) is 5.73 Å². The number of pyridine rings is 1. The average molecular weight is 291 g/mol. The zero-order valence-corrected chi connectivity index (χ0v) is 11.6. The van der Waals surface area contributed by atoms with E-state index in [1.165, 1.54) is 0 Å². The molecular formula is C16H13N5O. The van der Waals surface area contributed by atoms with Gasteiger partial charge < -0.3 is 11.1 Å². The van der Waals surface area contributed by atoms with Crippen molar-refractivity contribution >= 4 is 17.5 Å². The lowest BCUT2D eigenvalue weighted by molar-refractivity contribution is 0.100. The summed E-state index contributed by atoms with van der Waals surface area (Å²) in [6.07, 6.45) is 5.07. The van der Waals surface area contributed by atoms with Gasteiger partial charge >= 0.3 is 0 Å². The molecule has 3 aromatic rings. The first-order valence-electron chi connectivity index (χ1n) is 6.63. The standard InChI is InChI=1S/C16H13N5O/c17-15(22)12-5-1-2-6-14(12)21-16-19-9-7-13(20-16)11-4-3-8-18-10-11/h1-10H,(H2,17,22)(H,19,20,21). The number of carbonyl (C=O) groups is 1. The maximum absolute atomic E-state index is 11.4. The third-order valence-electron chi connectivity index (χ3n) is 3.05. The van der Waals surface area contributed by atoms with E-state index < -0.39 is 5.91 Å². The van der Waals surface area contributed by atoms with Crippen LogP contribution in [0.25, 0.3) is 11.3 Å². The normalized spacial score (nSPS) is 10.2. The molecule has 2 aromatic heterocycles. The van der Waals surface area contributed by atoms with Crippen molar-refractivity contribution in [1.29, 1.82) is 0 Å². The summed E-state index contributed by atoms with van der Waals surface area (Å²) >= 11 is 0. The number of amides is 1. The van der Waals surface area contributed by atoms with Crippen LogP contribution in [0.3, 0.4) is 0 Å². The molecule has 3 rings (SSSR count). The van der Waals surface area contributed by atoms with Gasteiger partial charge in [0.2, 0.25) is 5.95 Å². The largest absolute Gasteiger partial charge is 0.366 e. The van der Waals surface area contributed by atoms with Gasteiger partial charge in [0, 0.05) is 24.2 Å². The minimum atomic E-state index is -0.508. The van der Waals surface area contributed by atoms with Crippen LogP contribution in [-0.4, -0.2) is 20.9 Å². The van der Waals surface area contributed by atoms with Gasteiger partial charge in [0.25, 0.3) is 5.91 Å². The summed E-state index contributed by atoms with van der Waals surface area (Å²) in [6, 6.07) is 12.5. The summed E-state index contributed by atoms with van der Waals surface area (Å²) in [5.41, 5.74) is 7.94. The third kappa shape index (κ3) is 2.90. The van der Waals surface area contributed by atoms with Crippen molar-refractivity contribution in [2.24, 2.45) is 5.73 Å². The number of rotatable bonds is 4.